The summed E-state index contributed by atoms with van der Waals surface area (Å²) in [7, 11) is -3.56. The summed E-state index contributed by atoms with van der Waals surface area (Å²) >= 11 is 0. The molecule has 7 heteroatoms. The number of carbonyl (C=O) groups excluding carboxylic acids is 1. The molecule has 0 saturated carbocycles. The highest BCUT2D eigenvalue weighted by atomic mass is 32.2. The molecule has 0 fully saturated rings. The number of benzene rings is 1. The van der Waals surface area contributed by atoms with Crippen molar-refractivity contribution in [2.45, 2.75) is 47.1 Å². The number of amides is 2. The van der Waals surface area contributed by atoms with Gasteiger partial charge in [0.1, 0.15) is 5.75 Å². The average Bonchev–Trinajstić information content (AvgIpc) is 2.54. The van der Waals surface area contributed by atoms with E-state index in [2.05, 4.69) is 26.1 Å². The van der Waals surface area contributed by atoms with Crippen molar-refractivity contribution in [1.82, 2.24) is 10.2 Å². The summed E-state index contributed by atoms with van der Waals surface area (Å²) in [5.41, 5.74) is 0.829. The summed E-state index contributed by atoms with van der Waals surface area (Å²) < 4.78 is 28.3. The molecule has 0 unspecified atom stereocenters. The van der Waals surface area contributed by atoms with Crippen molar-refractivity contribution in [3.05, 3.63) is 29.8 Å². The van der Waals surface area contributed by atoms with E-state index in [-0.39, 0.29) is 17.5 Å². The minimum atomic E-state index is -3.56. The topological polar surface area (TPSA) is 75.7 Å². The third-order valence-electron chi connectivity index (χ3n) is 3.53. The van der Waals surface area contributed by atoms with Gasteiger partial charge in [-0.25, -0.2) is 4.79 Å². The van der Waals surface area contributed by atoms with Gasteiger partial charge in [0.05, 0.1) is 5.75 Å². The number of nitrogens with one attached hydrogen (secondary N) is 1. The summed E-state index contributed by atoms with van der Waals surface area (Å²) in [6, 6.07) is 6.76. The maximum absolute atomic E-state index is 12.4. The van der Waals surface area contributed by atoms with Crippen molar-refractivity contribution in [1.29, 1.82) is 0 Å². The molecule has 1 N–H and O–H groups in total. The molecule has 1 rings (SSSR count). The Balaban J connectivity index is 2.84. The average molecular weight is 371 g/mol. The smallest absolute Gasteiger partial charge is 0.317 e. The molecular formula is C18H30N2O4S. The van der Waals surface area contributed by atoms with E-state index in [9.17, 15) is 13.2 Å². The quantitative estimate of drug-likeness (QED) is 0.506. The minimum absolute atomic E-state index is 0.0868. The number of hydrogen-bond acceptors (Lipinski definition) is 4. The van der Waals surface area contributed by atoms with Gasteiger partial charge >= 0.3 is 16.1 Å². The largest absolute Gasteiger partial charge is 0.382 e. The van der Waals surface area contributed by atoms with Gasteiger partial charge in [0.25, 0.3) is 0 Å². The molecule has 0 aliphatic carbocycles. The van der Waals surface area contributed by atoms with E-state index in [0.29, 0.717) is 25.6 Å². The van der Waals surface area contributed by atoms with E-state index in [1.54, 1.807) is 23.1 Å². The second-order valence-corrected chi connectivity index (χ2v) is 8.30. The van der Waals surface area contributed by atoms with Gasteiger partial charge in [0.2, 0.25) is 0 Å². The molecule has 0 heterocycles. The van der Waals surface area contributed by atoms with E-state index in [4.69, 9.17) is 4.18 Å². The molecular weight excluding hydrogens is 340 g/mol. The van der Waals surface area contributed by atoms with Gasteiger partial charge in [-0.1, -0.05) is 39.3 Å². The number of carbonyl (C=O) groups is 1. The zero-order valence-electron chi connectivity index (χ0n) is 15.6. The fourth-order valence-corrected chi connectivity index (χ4v) is 2.78. The van der Waals surface area contributed by atoms with Crippen LogP contribution in [0.4, 0.5) is 4.79 Å². The lowest BCUT2D eigenvalue weighted by molar-refractivity contribution is 0.187. The first-order chi connectivity index (χ1) is 11.8. The first kappa shape index (κ1) is 21.3. The molecule has 0 bridgehead atoms. The molecule has 0 aliphatic rings. The number of hydrogen-bond donors (Lipinski definition) is 1. The van der Waals surface area contributed by atoms with Crippen LogP contribution in [0.5, 0.6) is 5.75 Å². The highest BCUT2D eigenvalue weighted by Crippen LogP contribution is 2.17. The van der Waals surface area contributed by atoms with Crippen molar-refractivity contribution in [3.63, 3.8) is 0 Å². The third-order valence-corrected chi connectivity index (χ3v) is 4.68. The lowest BCUT2D eigenvalue weighted by atomic mass is 10.1. The number of urea groups is 1. The Morgan fingerprint density at radius 3 is 2.60 bits per heavy atom. The van der Waals surface area contributed by atoms with Crippen LogP contribution in [0.1, 0.15) is 46.1 Å². The van der Waals surface area contributed by atoms with Crippen LogP contribution in [0.25, 0.3) is 0 Å². The summed E-state index contributed by atoms with van der Waals surface area (Å²) in [6.45, 7) is 9.40. The molecule has 0 aliphatic heterocycles. The molecule has 25 heavy (non-hydrogen) atoms. The Kier molecular flexibility index (Phi) is 8.75. The van der Waals surface area contributed by atoms with Gasteiger partial charge in [0.15, 0.2) is 0 Å². The first-order valence-corrected chi connectivity index (χ1v) is 10.4. The molecule has 142 valence electrons. The monoisotopic (exact) mass is 370 g/mol. The normalized spacial score (nSPS) is 11.4. The zero-order chi connectivity index (χ0) is 18.9. The minimum Gasteiger partial charge on any atom is -0.382 e. The van der Waals surface area contributed by atoms with Crippen LogP contribution in [0.3, 0.4) is 0 Å². The number of unbranched alkanes of at least 4 members (excludes halogenated alkanes) is 1. The molecule has 0 spiro atoms. The molecule has 0 radical (unpaired) electrons. The van der Waals surface area contributed by atoms with Crippen molar-refractivity contribution >= 4 is 16.1 Å². The van der Waals surface area contributed by atoms with Crippen LogP contribution in [0.15, 0.2) is 24.3 Å². The maximum Gasteiger partial charge on any atom is 0.317 e. The number of nitrogens with zero attached hydrogens (tertiary/aromatic N) is 1. The van der Waals surface area contributed by atoms with Crippen LogP contribution in [-0.2, 0) is 16.7 Å². The molecule has 6 nitrogen and oxygen atoms in total. The lowest BCUT2D eigenvalue weighted by Crippen LogP contribution is -2.41. The SMILES string of the molecule is CCCCNC(=O)N(Cc1cccc(OS(=O)(=O)CC)c1)CC(C)C. The fraction of sp³-hybridized carbons (Fsp3) is 0.611. The fourth-order valence-electron chi connectivity index (χ4n) is 2.27. The van der Waals surface area contributed by atoms with Gasteiger partial charge in [-0.05, 0) is 37.0 Å². The standard InChI is InChI=1S/C18H30N2O4S/c1-5-7-11-19-18(21)20(13-15(3)4)14-16-9-8-10-17(12-16)24-25(22,23)6-2/h8-10,12,15H,5-7,11,13-14H2,1-4H3,(H,19,21). The molecule has 2 amide bonds. The predicted molar refractivity (Wildman–Crippen MR) is 100 cm³/mol. The van der Waals surface area contributed by atoms with Crippen molar-refractivity contribution < 1.29 is 17.4 Å². The van der Waals surface area contributed by atoms with Crippen LogP contribution in [-0.4, -0.2) is 38.2 Å². The Morgan fingerprint density at radius 1 is 1.28 bits per heavy atom. The van der Waals surface area contributed by atoms with E-state index >= 15 is 0 Å². The Morgan fingerprint density at radius 2 is 2.00 bits per heavy atom. The molecule has 1 aromatic rings. The van der Waals surface area contributed by atoms with E-state index < -0.39 is 10.1 Å². The van der Waals surface area contributed by atoms with Crippen molar-refractivity contribution in [2.24, 2.45) is 5.92 Å². The van der Waals surface area contributed by atoms with Crippen LogP contribution < -0.4 is 9.50 Å². The lowest BCUT2D eigenvalue weighted by Gasteiger charge is -2.25. The summed E-state index contributed by atoms with van der Waals surface area (Å²) in [5.74, 6) is 0.517. The second-order valence-electron chi connectivity index (χ2n) is 6.44. The summed E-state index contributed by atoms with van der Waals surface area (Å²) in [4.78, 5) is 14.1. The van der Waals surface area contributed by atoms with Crippen LogP contribution in [0.2, 0.25) is 0 Å². The van der Waals surface area contributed by atoms with Gasteiger partial charge in [-0.2, -0.15) is 8.42 Å². The van der Waals surface area contributed by atoms with Gasteiger partial charge in [-0.3, -0.25) is 0 Å². The highest BCUT2D eigenvalue weighted by Gasteiger charge is 2.16. The third kappa shape index (κ3) is 8.25. The second kappa shape index (κ2) is 10.3. The predicted octanol–water partition coefficient (Wildman–Crippen LogP) is 3.38. The number of rotatable bonds is 10. The molecule has 0 atom stereocenters. The van der Waals surface area contributed by atoms with Crippen molar-refractivity contribution in [2.75, 3.05) is 18.8 Å². The molecule has 1 aromatic carbocycles. The van der Waals surface area contributed by atoms with Crippen LogP contribution >= 0.6 is 0 Å². The molecule has 0 saturated heterocycles. The first-order valence-electron chi connectivity index (χ1n) is 8.81. The van der Waals surface area contributed by atoms with E-state index in [0.717, 1.165) is 18.4 Å². The Bertz CT molecular complexity index is 644. The summed E-state index contributed by atoms with van der Waals surface area (Å²) in [5, 5.41) is 2.93. The van der Waals surface area contributed by atoms with E-state index in [1.165, 1.54) is 6.92 Å². The van der Waals surface area contributed by atoms with Gasteiger partial charge in [-0.15, -0.1) is 0 Å². The summed E-state index contributed by atoms with van der Waals surface area (Å²) in [6.07, 6.45) is 1.97. The van der Waals surface area contributed by atoms with Gasteiger partial charge in [0, 0.05) is 19.6 Å². The Hall–Kier alpha value is -1.76. The van der Waals surface area contributed by atoms with Gasteiger partial charge < -0.3 is 14.4 Å². The zero-order valence-corrected chi connectivity index (χ0v) is 16.4. The van der Waals surface area contributed by atoms with Crippen molar-refractivity contribution in [3.8, 4) is 5.75 Å². The van der Waals surface area contributed by atoms with E-state index in [1.807, 2.05) is 6.07 Å². The highest BCUT2D eigenvalue weighted by molar-refractivity contribution is 7.87. The molecule has 0 aromatic heterocycles. The maximum atomic E-state index is 12.4. The Labute approximate surface area is 151 Å². The van der Waals surface area contributed by atoms with Crippen LogP contribution in [0, 0.1) is 5.92 Å².